The van der Waals surface area contributed by atoms with E-state index < -0.39 is 5.82 Å². The van der Waals surface area contributed by atoms with Gasteiger partial charge >= 0.3 is 0 Å². The zero-order chi connectivity index (χ0) is 13.7. The molecule has 0 fully saturated rings. The van der Waals surface area contributed by atoms with Crippen LogP contribution in [0.5, 0.6) is 0 Å². The Balaban J connectivity index is 2.12. The van der Waals surface area contributed by atoms with Crippen molar-refractivity contribution in [2.75, 3.05) is 5.32 Å². The van der Waals surface area contributed by atoms with Crippen LogP contribution in [0, 0.1) is 17.1 Å². The number of carbonyl (C=O) groups is 1. The zero-order valence-corrected chi connectivity index (χ0v) is 10.1. The molecule has 94 valence electrons. The molecule has 0 bridgehead atoms. The zero-order valence-electron chi connectivity index (χ0n) is 10.1. The summed E-state index contributed by atoms with van der Waals surface area (Å²) in [5.41, 5.74) is 0.905. The third-order valence-electron chi connectivity index (χ3n) is 2.61. The Hall–Kier alpha value is -2.67. The van der Waals surface area contributed by atoms with Gasteiger partial charge in [-0.15, -0.1) is 0 Å². The summed E-state index contributed by atoms with van der Waals surface area (Å²) in [5.74, 6) is -0.923. The third-order valence-corrected chi connectivity index (χ3v) is 2.61. The van der Waals surface area contributed by atoms with Gasteiger partial charge in [0.05, 0.1) is 12.1 Å². The highest BCUT2D eigenvalue weighted by Crippen LogP contribution is 2.18. The first kappa shape index (κ1) is 12.8. The molecule has 0 aliphatic rings. The van der Waals surface area contributed by atoms with Gasteiger partial charge in [0.25, 0.3) is 0 Å². The van der Waals surface area contributed by atoms with Crippen LogP contribution < -0.4 is 5.32 Å². The van der Waals surface area contributed by atoms with Crippen molar-refractivity contribution in [1.82, 2.24) is 0 Å². The van der Waals surface area contributed by atoms with Crippen molar-refractivity contribution in [2.24, 2.45) is 0 Å². The Labute approximate surface area is 110 Å². The molecular formula is C15H11FN2O. The molecule has 0 aromatic heterocycles. The van der Waals surface area contributed by atoms with E-state index in [2.05, 4.69) is 5.32 Å². The number of amides is 1. The highest BCUT2D eigenvalue weighted by Gasteiger charge is 2.10. The number of hydrogen-bond acceptors (Lipinski definition) is 2. The molecule has 4 heteroatoms. The van der Waals surface area contributed by atoms with E-state index in [1.807, 2.05) is 30.3 Å². The van der Waals surface area contributed by atoms with E-state index in [0.717, 1.165) is 5.56 Å². The van der Waals surface area contributed by atoms with Crippen LogP contribution in [0.1, 0.15) is 11.1 Å². The summed E-state index contributed by atoms with van der Waals surface area (Å²) in [7, 11) is 0. The van der Waals surface area contributed by atoms with Crippen LogP contribution in [0.25, 0.3) is 0 Å². The molecule has 2 aromatic rings. The first-order valence-electron chi connectivity index (χ1n) is 5.73. The molecular weight excluding hydrogens is 243 g/mol. The topological polar surface area (TPSA) is 52.9 Å². The van der Waals surface area contributed by atoms with Gasteiger partial charge in [-0.1, -0.05) is 36.4 Å². The van der Waals surface area contributed by atoms with Crippen molar-refractivity contribution in [3.8, 4) is 6.07 Å². The van der Waals surface area contributed by atoms with Crippen molar-refractivity contribution < 1.29 is 9.18 Å². The monoisotopic (exact) mass is 254 g/mol. The molecule has 2 aromatic carbocycles. The number of nitriles is 1. The van der Waals surface area contributed by atoms with Crippen LogP contribution in [0.4, 0.5) is 10.1 Å². The Morgan fingerprint density at radius 3 is 2.58 bits per heavy atom. The number of halogens is 1. The molecule has 0 aliphatic heterocycles. The summed E-state index contributed by atoms with van der Waals surface area (Å²) >= 11 is 0. The van der Waals surface area contributed by atoms with Crippen molar-refractivity contribution in [2.45, 2.75) is 6.42 Å². The Kier molecular flexibility index (Phi) is 3.89. The molecule has 0 saturated carbocycles. The van der Waals surface area contributed by atoms with Crippen LogP contribution >= 0.6 is 0 Å². The highest BCUT2D eigenvalue weighted by atomic mass is 19.1. The van der Waals surface area contributed by atoms with Crippen LogP contribution in [0.3, 0.4) is 0 Å². The maximum absolute atomic E-state index is 13.4. The molecule has 1 N–H and O–H groups in total. The quantitative estimate of drug-likeness (QED) is 0.915. The second-order valence-corrected chi connectivity index (χ2v) is 3.98. The standard InChI is InChI=1S/C15H11FN2O/c16-13-7-4-8-14(12(13)10-17)18-15(19)9-11-5-2-1-3-6-11/h1-8H,9H2,(H,18,19). The van der Waals surface area contributed by atoms with E-state index in [-0.39, 0.29) is 23.6 Å². The molecule has 0 heterocycles. The van der Waals surface area contributed by atoms with E-state index in [0.29, 0.717) is 0 Å². The number of benzene rings is 2. The van der Waals surface area contributed by atoms with Gasteiger partial charge in [0, 0.05) is 0 Å². The van der Waals surface area contributed by atoms with Crippen LogP contribution in [0.2, 0.25) is 0 Å². The molecule has 0 radical (unpaired) electrons. The molecule has 3 nitrogen and oxygen atoms in total. The second kappa shape index (κ2) is 5.78. The number of carbonyl (C=O) groups excluding carboxylic acids is 1. The lowest BCUT2D eigenvalue weighted by Crippen LogP contribution is -2.15. The lowest BCUT2D eigenvalue weighted by Gasteiger charge is -2.07. The van der Waals surface area contributed by atoms with Crippen LogP contribution in [-0.4, -0.2) is 5.91 Å². The van der Waals surface area contributed by atoms with E-state index in [4.69, 9.17) is 5.26 Å². The Bertz CT molecular complexity index is 632. The second-order valence-electron chi connectivity index (χ2n) is 3.98. The minimum Gasteiger partial charge on any atom is -0.325 e. The Morgan fingerprint density at radius 2 is 1.89 bits per heavy atom. The first-order valence-corrected chi connectivity index (χ1v) is 5.73. The smallest absolute Gasteiger partial charge is 0.228 e. The maximum atomic E-state index is 13.4. The fraction of sp³-hybridized carbons (Fsp3) is 0.0667. The predicted octanol–water partition coefficient (Wildman–Crippen LogP) is 2.88. The summed E-state index contributed by atoms with van der Waals surface area (Å²) in [5, 5.41) is 11.4. The Morgan fingerprint density at radius 1 is 1.16 bits per heavy atom. The molecule has 19 heavy (non-hydrogen) atoms. The lowest BCUT2D eigenvalue weighted by atomic mass is 10.1. The van der Waals surface area contributed by atoms with Crippen molar-refractivity contribution in [3.63, 3.8) is 0 Å². The van der Waals surface area contributed by atoms with Gasteiger partial charge in [0.2, 0.25) is 5.91 Å². The third kappa shape index (κ3) is 3.17. The van der Waals surface area contributed by atoms with E-state index in [1.54, 1.807) is 6.07 Å². The van der Waals surface area contributed by atoms with Crippen molar-refractivity contribution in [1.29, 1.82) is 5.26 Å². The average molecular weight is 254 g/mol. The summed E-state index contributed by atoms with van der Waals surface area (Å²) in [6.45, 7) is 0. The fourth-order valence-electron chi connectivity index (χ4n) is 1.72. The highest BCUT2D eigenvalue weighted by molar-refractivity contribution is 5.93. The summed E-state index contributed by atoms with van der Waals surface area (Å²) < 4.78 is 13.4. The fourth-order valence-corrected chi connectivity index (χ4v) is 1.72. The summed E-state index contributed by atoms with van der Waals surface area (Å²) in [4.78, 5) is 11.8. The summed E-state index contributed by atoms with van der Waals surface area (Å²) in [6, 6.07) is 15.1. The van der Waals surface area contributed by atoms with Crippen LogP contribution in [0.15, 0.2) is 48.5 Å². The van der Waals surface area contributed by atoms with E-state index >= 15 is 0 Å². The summed E-state index contributed by atoms with van der Waals surface area (Å²) in [6.07, 6.45) is 0.183. The number of hydrogen-bond donors (Lipinski definition) is 1. The van der Waals surface area contributed by atoms with Gasteiger partial charge in [0.15, 0.2) is 0 Å². The molecule has 0 atom stereocenters. The normalized spacial score (nSPS) is 9.68. The molecule has 0 spiro atoms. The molecule has 1 amide bonds. The van der Waals surface area contributed by atoms with Crippen LogP contribution in [-0.2, 0) is 11.2 Å². The molecule has 0 unspecified atom stereocenters. The average Bonchev–Trinajstić information content (AvgIpc) is 2.40. The van der Waals surface area contributed by atoms with Gasteiger partial charge < -0.3 is 5.32 Å². The largest absolute Gasteiger partial charge is 0.325 e. The van der Waals surface area contributed by atoms with Gasteiger partial charge in [-0.25, -0.2) is 4.39 Å². The maximum Gasteiger partial charge on any atom is 0.228 e. The van der Waals surface area contributed by atoms with E-state index in [1.165, 1.54) is 18.2 Å². The first-order chi connectivity index (χ1) is 9.20. The van der Waals surface area contributed by atoms with Gasteiger partial charge in [-0.3, -0.25) is 4.79 Å². The number of nitrogens with one attached hydrogen (secondary N) is 1. The van der Waals surface area contributed by atoms with Gasteiger partial charge in [-0.2, -0.15) is 5.26 Å². The predicted molar refractivity (Wildman–Crippen MR) is 69.9 cm³/mol. The minimum atomic E-state index is -0.639. The minimum absolute atomic E-state index is 0.149. The number of nitrogens with zero attached hydrogens (tertiary/aromatic N) is 1. The SMILES string of the molecule is N#Cc1c(F)cccc1NC(=O)Cc1ccccc1. The molecule has 0 aliphatic carbocycles. The van der Waals surface area contributed by atoms with Crippen molar-refractivity contribution in [3.05, 3.63) is 65.5 Å². The van der Waals surface area contributed by atoms with Gasteiger partial charge in [0.1, 0.15) is 17.4 Å². The molecule has 2 rings (SSSR count). The number of anilines is 1. The molecule has 0 saturated heterocycles. The van der Waals surface area contributed by atoms with Gasteiger partial charge in [-0.05, 0) is 17.7 Å². The lowest BCUT2D eigenvalue weighted by molar-refractivity contribution is -0.115. The van der Waals surface area contributed by atoms with Crippen molar-refractivity contribution >= 4 is 11.6 Å². The van der Waals surface area contributed by atoms with E-state index in [9.17, 15) is 9.18 Å². The number of rotatable bonds is 3.